The predicted molar refractivity (Wildman–Crippen MR) is 60.8 cm³/mol. The van der Waals surface area contributed by atoms with Gasteiger partial charge in [0.05, 0.1) is 26.4 Å². The van der Waals surface area contributed by atoms with Crippen LogP contribution in [0.4, 0.5) is 0 Å². The first kappa shape index (κ1) is 11.0. The summed E-state index contributed by atoms with van der Waals surface area (Å²) < 4.78 is 10.4. The Morgan fingerprint density at radius 1 is 0.875 bits per heavy atom. The lowest BCUT2D eigenvalue weighted by atomic mass is 10.1. The van der Waals surface area contributed by atoms with E-state index in [0.717, 1.165) is 51.4 Å². The molecule has 0 aromatic carbocycles. The van der Waals surface area contributed by atoms with Crippen LogP contribution in [-0.4, -0.2) is 39.5 Å². The number of nitrogens with two attached hydrogens (primary N) is 2. The summed E-state index contributed by atoms with van der Waals surface area (Å²) in [5.74, 6) is 1.65. The van der Waals surface area contributed by atoms with Gasteiger partial charge in [0.2, 0.25) is 0 Å². The number of fused-ring (bicyclic) bond motifs is 2. The van der Waals surface area contributed by atoms with Crippen LogP contribution in [0.25, 0.3) is 0 Å². The monoisotopic (exact) mass is 226 g/mol. The number of ether oxygens (including phenoxy) is 2. The van der Waals surface area contributed by atoms with Gasteiger partial charge in [-0.25, -0.2) is 0 Å². The molecule has 0 aromatic rings. The zero-order valence-corrected chi connectivity index (χ0v) is 9.78. The van der Waals surface area contributed by atoms with Gasteiger partial charge < -0.3 is 20.9 Å². The molecule has 0 unspecified atom stereocenters. The van der Waals surface area contributed by atoms with Gasteiger partial charge in [-0.2, -0.15) is 0 Å². The van der Waals surface area contributed by atoms with Gasteiger partial charge in [-0.1, -0.05) is 0 Å². The minimum absolute atomic E-state index is 0.458. The molecule has 0 spiro atoms. The first-order valence-corrected chi connectivity index (χ1v) is 6.30. The molecule has 4 atom stereocenters. The molecular weight excluding hydrogens is 204 g/mol. The molecule has 2 aliphatic carbocycles. The Hall–Kier alpha value is -0.160. The smallest absolute Gasteiger partial charge is 0.0538 e. The third-order valence-electron chi connectivity index (χ3n) is 4.95. The standard InChI is InChI=1S/2C6H11NO/c2*7-3-6-1-5(6)2-8-4-6/h2*5H,1-4,7H2/t2*5-,6-/m10/s1. The topological polar surface area (TPSA) is 70.5 Å². The summed E-state index contributed by atoms with van der Waals surface area (Å²) in [4.78, 5) is 0. The van der Waals surface area contributed by atoms with Gasteiger partial charge in [0.15, 0.2) is 0 Å². The molecule has 0 amide bonds. The van der Waals surface area contributed by atoms with Crippen molar-refractivity contribution in [2.75, 3.05) is 39.5 Å². The molecule has 2 heterocycles. The third-order valence-corrected chi connectivity index (χ3v) is 4.95. The fourth-order valence-electron chi connectivity index (χ4n) is 3.12. The minimum atomic E-state index is 0.458. The molecule has 4 nitrogen and oxygen atoms in total. The molecule has 4 aliphatic rings. The predicted octanol–water partition coefficient (Wildman–Crippen LogP) is -0.0368. The van der Waals surface area contributed by atoms with Crippen LogP contribution in [0.3, 0.4) is 0 Å². The second-order valence-corrected chi connectivity index (χ2v) is 5.97. The first-order chi connectivity index (χ1) is 7.75. The van der Waals surface area contributed by atoms with Crippen molar-refractivity contribution in [3.63, 3.8) is 0 Å². The van der Waals surface area contributed by atoms with Gasteiger partial charge in [-0.3, -0.25) is 0 Å². The van der Waals surface area contributed by atoms with E-state index in [9.17, 15) is 0 Å². The van der Waals surface area contributed by atoms with E-state index in [-0.39, 0.29) is 0 Å². The largest absolute Gasteiger partial charge is 0.380 e. The first-order valence-electron chi connectivity index (χ1n) is 6.30. The summed E-state index contributed by atoms with van der Waals surface area (Å²) in [6.45, 7) is 5.45. The third kappa shape index (κ3) is 1.59. The van der Waals surface area contributed by atoms with E-state index in [4.69, 9.17) is 20.9 Å². The van der Waals surface area contributed by atoms with Gasteiger partial charge in [0, 0.05) is 23.9 Å². The Labute approximate surface area is 96.6 Å². The zero-order chi connectivity index (χ0) is 11.2. The van der Waals surface area contributed by atoms with Gasteiger partial charge in [0.1, 0.15) is 0 Å². The summed E-state index contributed by atoms with van der Waals surface area (Å²) in [6.07, 6.45) is 2.65. The highest BCUT2D eigenvalue weighted by Crippen LogP contribution is 2.56. The molecule has 4 fully saturated rings. The molecule has 16 heavy (non-hydrogen) atoms. The molecule has 0 radical (unpaired) electrons. The van der Waals surface area contributed by atoms with Crippen LogP contribution in [-0.2, 0) is 9.47 Å². The van der Waals surface area contributed by atoms with Crippen LogP contribution in [0, 0.1) is 22.7 Å². The van der Waals surface area contributed by atoms with Crippen LogP contribution in [0.2, 0.25) is 0 Å². The molecule has 4 N–H and O–H groups in total. The van der Waals surface area contributed by atoms with Crippen molar-refractivity contribution >= 4 is 0 Å². The second-order valence-electron chi connectivity index (χ2n) is 5.97. The summed E-state index contributed by atoms with van der Waals surface area (Å²) in [7, 11) is 0. The molecule has 2 saturated heterocycles. The average Bonchev–Trinajstić information content (AvgIpc) is 3.13. The Balaban J connectivity index is 0.000000101. The van der Waals surface area contributed by atoms with E-state index in [2.05, 4.69) is 0 Å². The Morgan fingerprint density at radius 2 is 1.31 bits per heavy atom. The van der Waals surface area contributed by atoms with Gasteiger partial charge in [0.25, 0.3) is 0 Å². The number of rotatable bonds is 2. The maximum absolute atomic E-state index is 5.53. The Bertz CT molecular complexity index is 250. The lowest BCUT2D eigenvalue weighted by Crippen LogP contribution is -2.18. The average molecular weight is 226 g/mol. The lowest BCUT2D eigenvalue weighted by molar-refractivity contribution is 0.148. The van der Waals surface area contributed by atoms with Gasteiger partial charge in [-0.05, 0) is 24.7 Å². The second kappa shape index (κ2) is 3.67. The molecular formula is C12H22N2O2. The van der Waals surface area contributed by atoms with Crippen LogP contribution < -0.4 is 11.5 Å². The highest BCUT2D eigenvalue weighted by Gasteiger charge is 2.57. The fraction of sp³-hybridized carbons (Fsp3) is 1.00. The molecule has 92 valence electrons. The molecule has 4 rings (SSSR count). The van der Waals surface area contributed by atoms with Crippen LogP contribution >= 0.6 is 0 Å². The number of hydrogen-bond donors (Lipinski definition) is 2. The SMILES string of the molecule is NC[C@@]12COC[C@@H]1C2.NC[C@]12COC[C@H]1C2. The summed E-state index contributed by atoms with van der Waals surface area (Å²) in [5, 5.41) is 0. The Kier molecular flexibility index (Phi) is 2.51. The molecule has 0 aromatic heterocycles. The summed E-state index contributed by atoms with van der Waals surface area (Å²) >= 11 is 0. The highest BCUT2D eigenvalue weighted by atomic mass is 16.5. The van der Waals surface area contributed by atoms with Crippen molar-refractivity contribution in [3.8, 4) is 0 Å². The minimum Gasteiger partial charge on any atom is -0.380 e. The van der Waals surface area contributed by atoms with E-state index >= 15 is 0 Å². The summed E-state index contributed by atoms with van der Waals surface area (Å²) in [5.41, 5.74) is 12.0. The quantitative estimate of drug-likeness (QED) is 0.693. The van der Waals surface area contributed by atoms with E-state index in [0.29, 0.717) is 10.8 Å². The lowest BCUT2D eigenvalue weighted by Gasteiger charge is -2.03. The van der Waals surface area contributed by atoms with Crippen molar-refractivity contribution in [1.29, 1.82) is 0 Å². The van der Waals surface area contributed by atoms with Crippen molar-refractivity contribution in [1.82, 2.24) is 0 Å². The Morgan fingerprint density at radius 3 is 1.44 bits per heavy atom. The van der Waals surface area contributed by atoms with E-state index < -0.39 is 0 Å². The van der Waals surface area contributed by atoms with Crippen LogP contribution in [0.1, 0.15) is 12.8 Å². The normalized spacial score (nSPS) is 51.4. The van der Waals surface area contributed by atoms with Crippen molar-refractivity contribution < 1.29 is 9.47 Å². The molecule has 4 heteroatoms. The van der Waals surface area contributed by atoms with E-state index in [1.54, 1.807) is 0 Å². The maximum Gasteiger partial charge on any atom is 0.0538 e. The van der Waals surface area contributed by atoms with Crippen molar-refractivity contribution in [2.45, 2.75) is 12.8 Å². The molecule has 2 aliphatic heterocycles. The fourth-order valence-corrected chi connectivity index (χ4v) is 3.12. The maximum atomic E-state index is 5.53. The van der Waals surface area contributed by atoms with Crippen molar-refractivity contribution in [3.05, 3.63) is 0 Å². The highest BCUT2D eigenvalue weighted by molar-refractivity contribution is 5.06. The van der Waals surface area contributed by atoms with Crippen molar-refractivity contribution in [2.24, 2.45) is 34.1 Å². The summed E-state index contributed by atoms with van der Waals surface area (Å²) in [6, 6.07) is 0. The number of hydrogen-bond acceptors (Lipinski definition) is 4. The van der Waals surface area contributed by atoms with Gasteiger partial charge in [-0.15, -0.1) is 0 Å². The van der Waals surface area contributed by atoms with Crippen LogP contribution in [0.5, 0.6) is 0 Å². The molecule has 2 saturated carbocycles. The van der Waals surface area contributed by atoms with Crippen LogP contribution in [0.15, 0.2) is 0 Å². The molecule has 0 bridgehead atoms. The van der Waals surface area contributed by atoms with Gasteiger partial charge >= 0.3 is 0 Å². The zero-order valence-electron chi connectivity index (χ0n) is 9.78. The van der Waals surface area contributed by atoms with E-state index in [1.807, 2.05) is 0 Å². The van der Waals surface area contributed by atoms with E-state index in [1.165, 1.54) is 12.8 Å².